The molecule has 5 heteroatoms. The standard InChI is InChI=1S/C29H35NO4/c1-32-27-24(34-19-21-6-4-3-5-7-21)11-10-22-16-25-29(33-2)13-12-23(31)17-28(29,26(22)27)14-15-30(25)18-20-8-9-20/h3-7,10-11,20,25H,8-9,12-19H2,1-2H3/t25-,28+,29+/m0/s1. The molecule has 0 amide bonds. The van der Waals surface area contributed by atoms with Gasteiger partial charge in [0.15, 0.2) is 11.5 Å². The van der Waals surface area contributed by atoms with E-state index >= 15 is 0 Å². The number of likely N-dealkylation sites (tertiary alicyclic amines) is 1. The first-order chi connectivity index (χ1) is 16.6. The average Bonchev–Trinajstić information content (AvgIpc) is 3.68. The van der Waals surface area contributed by atoms with Crippen LogP contribution in [0.1, 0.15) is 55.2 Å². The van der Waals surface area contributed by atoms with Crippen LogP contribution in [-0.4, -0.2) is 49.6 Å². The van der Waals surface area contributed by atoms with Gasteiger partial charge in [-0.3, -0.25) is 9.69 Å². The lowest BCUT2D eigenvalue weighted by molar-refractivity contribution is -0.188. The Balaban J connectivity index is 1.45. The summed E-state index contributed by atoms with van der Waals surface area (Å²) < 4.78 is 19.0. The van der Waals surface area contributed by atoms with E-state index in [1.807, 2.05) is 25.3 Å². The van der Waals surface area contributed by atoms with Crippen LogP contribution in [0.15, 0.2) is 42.5 Å². The molecule has 0 N–H and O–H groups in total. The van der Waals surface area contributed by atoms with Crippen molar-refractivity contribution in [2.45, 2.75) is 68.6 Å². The Hall–Kier alpha value is -2.37. The second kappa shape index (κ2) is 8.39. The van der Waals surface area contributed by atoms with Crippen LogP contribution >= 0.6 is 0 Å². The fourth-order valence-corrected chi connectivity index (χ4v) is 7.27. The Labute approximate surface area is 202 Å². The van der Waals surface area contributed by atoms with Crippen molar-refractivity contribution in [3.8, 4) is 11.5 Å². The highest BCUT2D eigenvalue weighted by Gasteiger charge is 2.67. The fourth-order valence-electron chi connectivity index (χ4n) is 7.27. The molecule has 3 aliphatic carbocycles. The van der Waals surface area contributed by atoms with E-state index in [4.69, 9.17) is 14.2 Å². The zero-order chi connectivity index (χ0) is 23.3. The number of benzene rings is 2. The van der Waals surface area contributed by atoms with Crippen LogP contribution in [0.4, 0.5) is 0 Å². The molecule has 3 fully saturated rings. The molecule has 2 aromatic carbocycles. The average molecular weight is 462 g/mol. The lowest BCUT2D eigenvalue weighted by atomic mass is 9.49. The molecule has 34 heavy (non-hydrogen) atoms. The molecule has 180 valence electrons. The highest BCUT2D eigenvalue weighted by atomic mass is 16.5. The number of nitrogens with zero attached hydrogens (tertiary/aromatic N) is 1. The minimum Gasteiger partial charge on any atom is -0.493 e. The first kappa shape index (κ1) is 22.1. The number of carbonyl (C=O) groups excluding carboxylic acids is 1. The van der Waals surface area contributed by atoms with Gasteiger partial charge >= 0.3 is 0 Å². The number of ether oxygens (including phenoxy) is 3. The van der Waals surface area contributed by atoms with E-state index < -0.39 is 0 Å². The zero-order valence-electron chi connectivity index (χ0n) is 20.3. The van der Waals surface area contributed by atoms with Crippen molar-refractivity contribution < 1.29 is 19.0 Å². The predicted octanol–water partition coefficient (Wildman–Crippen LogP) is 4.69. The van der Waals surface area contributed by atoms with Gasteiger partial charge in [-0.25, -0.2) is 0 Å². The Bertz CT molecular complexity index is 1080. The molecule has 0 unspecified atom stereocenters. The van der Waals surface area contributed by atoms with Gasteiger partial charge in [0.1, 0.15) is 12.4 Å². The normalized spacial score (nSPS) is 30.4. The third-order valence-corrected chi connectivity index (χ3v) is 8.98. The summed E-state index contributed by atoms with van der Waals surface area (Å²) in [6, 6.07) is 14.8. The van der Waals surface area contributed by atoms with Gasteiger partial charge in [0, 0.05) is 43.5 Å². The number of ketones is 1. The third kappa shape index (κ3) is 3.31. The smallest absolute Gasteiger partial charge is 0.164 e. The number of fused-ring (bicyclic) bond motifs is 1. The van der Waals surface area contributed by atoms with E-state index in [0.29, 0.717) is 31.3 Å². The van der Waals surface area contributed by atoms with Crippen LogP contribution in [0.5, 0.6) is 11.5 Å². The third-order valence-electron chi connectivity index (χ3n) is 8.98. The number of carbonyl (C=O) groups is 1. The second-order valence-electron chi connectivity index (χ2n) is 10.7. The molecule has 1 saturated heterocycles. The van der Waals surface area contributed by atoms with Gasteiger partial charge in [0.05, 0.1) is 12.7 Å². The topological polar surface area (TPSA) is 48.0 Å². The summed E-state index contributed by atoms with van der Waals surface area (Å²) in [5, 5.41) is 0. The highest BCUT2D eigenvalue weighted by Crippen LogP contribution is 2.62. The molecule has 2 aromatic rings. The fraction of sp³-hybridized carbons (Fsp3) is 0.552. The van der Waals surface area contributed by atoms with E-state index in [0.717, 1.165) is 60.9 Å². The summed E-state index contributed by atoms with van der Waals surface area (Å²) in [5.41, 5.74) is 2.83. The Kier molecular flexibility index (Phi) is 5.45. The van der Waals surface area contributed by atoms with E-state index in [-0.39, 0.29) is 11.0 Å². The van der Waals surface area contributed by atoms with Crippen molar-refractivity contribution in [3.05, 3.63) is 59.2 Å². The molecule has 3 atom stereocenters. The van der Waals surface area contributed by atoms with Crippen molar-refractivity contribution in [1.82, 2.24) is 4.90 Å². The van der Waals surface area contributed by atoms with Crippen LogP contribution in [0.3, 0.4) is 0 Å². The van der Waals surface area contributed by atoms with Gasteiger partial charge < -0.3 is 14.2 Å². The van der Waals surface area contributed by atoms with Crippen LogP contribution in [0.2, 0.25) is 0 Å². The summed E-state index contributed by atoms with van der Waals surface area (Å²) in [6.07, 6.45) is 6.46. The quantitative estimate of drug-likeness (QED) is 0.599. The summed E-state index contributed by atoms with van der Waals surface area (Å²) >= 11 is 0. The first-order valence-corrected chi connectivity index (χ1v) is 12.8. The minimum atomic E-state index is -0.369. The van der Waals surface area contributed by atoms with Crippen LogP contribution in [0.25, 0.3) is 0 Å². The largest absolute Gasteiger partial charge is 0.493 e. The maximum absolute atomic E-state index is 13.0. The molecule has 2 saturated carbocycles. The van der Waals surface area contributed by atoms with Crippen LogP contribution in [0, 0.1) is 5.92 Å². The van der Waals surface area contributed by atoms with Crippen molar-refractivity contribution in [1.29, 1.82) is 0 Å². The van der Waals surface area contributed by atoms with Crippen molar-refractivity contribution >= 4 is 5.78 Å². The molecule has 0 radical (unpaired) electrons. The molecule has 6 rings (SSSR count). The number of rotatable bonds is 7. The van der Waals surface area contributed by atoms with Gasteiger partial charge in [0.25, 0.3) is 0 Å². The summed E-state index contributed by atoms with van der Waals surface area (Å²) in [7, 11) is 3.60. The number of hydrogen-bond donors (Lipinski definition) is 0. The number of Topliss-reactive ketones (excluding diaryl/α,β-unsaturated/α-hetero) is 1. The Morgan fingerprint density at radius 3 is 2.62 bits per heavy atom. The molecule has 5 nitrogen and oxygen atoms in total. The lowest BCUT2D eigenvalue weighted by Crippen LogP contribution is -2.74. The van der Waals surface area contributed by atoms with Gasteiger partial charge in [0.2, 0.25) is 0 Å². The molecular weight excluding hydrogens is 426 g/mol. The summed E-state index contributed by atoms with van der Waals surface area (Å²) in [5.74, 6) is 2.71. The van der Waals surface area contributed by atoms with Crippen molar-refractivity contribution in [2.24, 2.45) is 5.92 Å². The highest BCUT2D eigenvalue weighted by molar-refractivity contribution is 5.83. The molecule has 2 bridgehead atoms. The van der Waals surface area contributed by atoms with E-state index in [1.165, 1.54) is 18.4 Å². The van der Waals surface area contributed by atoms with Gasteiger partial charge in [-0.2, -0.15) is 0 Å². The predicted molar refractivity (Wildman–Crippen MR) is 130 cm³/mol. The van der Waals surface area contributed by atoms with E-state index in [9.17, 15) is 4.79 Å². The molecule has 1 heterocycles. The van der Waals surface area contributed by atoms with Crippen LogP contribution < -0.4 is 9.47 Å². The molecule has 0 spiro atoms. The summed E-state index contributed by atoms with van der Waals surface area (Å²) in [4.78, 5) is 15.7. The van der Waals surface area contributed by atoms with Crippen molar-refractivity contribution in [2.75, 3.05) is 27.3 Å². The number of methoxy groups -OCH3 is 2. The minimum absolute atomic E-state index is 0.299. The number of piperidine rings is 1. The van der Waals surface area contributed by atoms with Gasteiger partial charge in [-0.05, 0) is 61.8 Å². The molecule has 1 aliphatic heterocycles. The molecule has 4 aliphatic rings. The molecular formula is C29H35NO4. The maximum atomic E-state index is 13.0. The van der Waals surface area contributed by atoms with Gasteiger partial charge in [-0.1, -0.05) is 36.4 Å². The summed E-state index contributed by atoms with van der Waals surface area (Å²) in [6.45, 7) is 2.65. The second-order valence-corrected chi connectivity index (χ2v) is 10.7. The van der Waals surface area contributed by atoms with E-state index in [2.05, 4.69) is 29.2 Å². The monoisotopic (exact) mass is 461 g/mol. The van der Waals surface area contributed by atoms with Crippen LogP contribution in [-0.2, 0) is 28.0 Å². The Morgan fingerprint density at radius 2 is 1.88 bits per heavy atom. The number of hydrogen-bond acceptors (Lipinski definition) is 5. The zero-order valence-corrected chi connectivity index (χ0v) is 20.3. The first-order valence-electron chi connectivity index (χ1n) is 12.8. The van der Waals surface area contributed by atoms with Gasteiger partial charge in [-0.15, -0.1) is 0 Å². The lowest BCUT2D eigenvalue weighted by Gasteiger charge is -2.65. The Morgan fingerprint density at radius 1 is 1.06 bits per heavy atom. The van der Waals surface area contributed by atoms with Crippen molar-refractivity contribution in [3.63, 3.8) is 0 Å². The SMILES string of the molecule is COc1c(OCc2ccccc2)ccc2c1[C@]13CCN(CC4CC4)[C@@H](C2)[C@]1(OC)CCC(=O)C3. The maximum Gasteiger partial charge on any atom is 0.164 e. The molecule has 0 aromatic heterocycles. The van der Waals surface area contributed by atoms with E-state index in [1.54, 1.807) is 7.11 Å².